The number of hydrogen-bond donors (Lipinski definition) is 1. The molecule has 0 fully saturated rings. The highest BCUT2D eigenvalue weighted by Crippen LogP contribution is 2.38. The van der Waals surface area contributed by atoms with Crippen LogP contribution < -0.4 is 5.32 Å². The Kier molecular flexibility index (Phi) is 3.61. The second-order valence-corrected chi connectivity index (χ2v) is 7.93. The van der Waals surface area contributed by atoms with Crippen LogP contribution in [0.2, 0.25) is 0 Å². The van der Waals surface area contributed by atoms with Gasteiger partial charge in [0.05, 0.1) is 27.8 Å². The van der Waals surface area contributed by atoms with Gasteiger partial charge in [-0.2, -0.15) is 0 Å². The molecule has 3 aromatic rings. The molecule has 0 spiro atoms. The SMILES string of the molecule is CC1(C)CC(=O)c2sc(NC(=O)c3cnc4ccccc4n3)nc2C1. The number of carbonyl (C=O) groups is 2. The van der Waals surface area contributed by atoms with Crippen molar-refractivity contribution >= 4 is 39.2 Å². The summed E-state index contributed by atoms with van der Waals surface area (Å²) in [5.41, 5.74) is 2.29. The highest BCUT2D eigenvalue weighted by Gasteiger charge is 2.34. The van der Waals surface area contributed by atoms with Gasteiger partial charge in [0.1, 0.15) is 5.69 Å². The van der Waals surface area contributed by atoms with Crippen LogP contribution >= 0.6 is 11.3 Å². The average Bonchev–Trinajstić information content (AvgIpc) is 2.95. The van der Waals surface area contributed by atoms with Crippen LogP contribution in [0.25, 0.3) is 11.0 Å². The Labute approximate surface area is 148 Å². The fraction of sp³-hybridized carbons (Fsp3) is 0.278. The Morgan fingerprint density at radius 1 is 1.16 bits per heavy atom. The molecule has 7 heteroatoms. The van der Waals surface area contributed by atoms with Crippen molar-refractivity contribution in [3.05, 3.63) is 46.7 Å². The molecule has 2 heterocycles. The summed E-state index contributed by atoms with van der Waals surface area (Å²) in [5.74, 6) is -0.286. The highest BCUT2D eigenvalue weighted by atomic mass is 32.1. The lowest BCUT2D eigenvalue weighted by Gasteiger charge is -2.26. The summed E-state index contributed by atoms with van der Waals surface area (Å²) in [5, 5.41) is 3.17. The van der Waals surface area contributed by atoms with Crippen molar-refractivity contribution < 1.29 is 9.59 Å². The summed E-state index contributed by atoms with van der Waals surface area (Å²) in [4.78, 5) is 38.4. The molecule has 0 unspecified atom stereocenters. The molecule has 4 rings (SSSR count). The van der Waals surface area contributed by atoms with Gasteiger partial charge in [-0.05, 0) is 24.0 Å². The van der Waals surface area contributed by atoms with E-state index in [1.165, 1.54) is 17.5 Å². The molecule has 1 aliphatic carbocycles. The van der Waals surface area contributed by atoms with Crippen LogP contribution in [0.5, 0.6) is 0 Å². The van der Waals surface area contributed by atoms with Crippen molar-refractivity contribution in [1.29, 1.82) is 0 Å². The summed E-state index contributed by atoms with van der Waals surface area (Å²) in [6.07, 6.45) is 2.68. The maximum Gasteiger partial charge on any atom is 0.277 e. The molecule has 2 aromatic heterocycles. The van der Waals surface area contributed by atoms with Crippen molar-refractivity contribution in [2.24, 2.45) is 5.41 Å². The zero-order chi connectivity index (χ0) is 17.6. The largest absolute Gasteiger partial charge is 0.296 e. The van der Waals surface area contributed by atoms with Crippen LogP contribution in [0, 0.1) is 5.41 Å². The topological polar surface area (TPSA) is 84.8 Å². The van der Waals surface area contributed by atoms with E-state index < -0.39 is 0 Å². The number of nitrogens with one attached hydrogen (secondary N) is 1. The molecule has 0 saturated carbocycles. The van der Waals surface area contributed by atoms with Crippen molar-refractivity contribution in [3.8, 4) is 0 Å². The number of para-hydroxylation sites is 2. The second kappa shape index (κ2) is 5.70. The number of thiazole rings is 1. The Bertz CT molecular complexity index is 1010. The van der Waals surface area contributed by atoms with E-state index in [-0.39, 0.29) is 22.8 Å². The summed E-state index contributed by atoms with van der Waals surface area (Å²) in [6, 6.07) is 7.37. The molecule has 1 N–H and O–H groups in total. The second-order valence-electron chi connectivity index (χ2n) is 6.93. The zero-order valence-electron chi connectivity index (χ0n) is 13.9. The fourth-order valence-corrected chi connectivity index (χ4v) is 3.92. The van der Waals surface area contributed by atoms with Crippen LogP contribution in [0.4, 0.5) is 5.13 Å². The number of aromatic nitrogens is 3. The number of anilines is 1. The standard InChI is InChI=1S/C18H16N4O2S/c1-18(2)7-12-15(14(23)8-18)25-17(21-12)22-16(24)13-9-19-10-5-3-4-6-11(10)20-13/h3-6,9H,7-8H2,1-2H3,(H,21,22,24). The molecule has 25 heavy (non-hydrogen) atoms. The van der Waals surface area contributed by atoms with Gasteiger partial charge >= 0.3 is 0 Å². The van der Waals surface area contributed by atoms with Gasteiger partial charge in [-0.15, -0.1) is 0 Å². The smallest absolute Gasteiger partial charge is 0.277 e. The molecular weight excluding hydrogens is 336 g/mol. The zero-order valence-corrected chi connectivity index (χ0v) is 14.7. The summed E-state index contributed by atoms with van der Waals surface area (Å²) in [6.45, 7) is 4.10. The predicted octanol–water partition coefficient (Wildman–Crippen LogP) is 3.49. The number of carbonyl (C=O) groups excluding carboxylic acids is 2. The first-order chi connectivity index (χ1) is 11.9. The predicted molar refractivity (Wildman–Crippen MR) is 96.0 cm³/mol. The van der Waals surface area contributed by atoms with Gasteiger partial charge in [-0.3, -0.25) is 19.9 Å². The lowest BCUT2D eigenvalue weighted by Crippen LogP contribution is -2.26. The summed E-state index contributed by atoms with van der Waals surface area (Å²) < 4.78 is 0. The monoisotopic (exact) mass is 352 g/mol. The van der Waals surface area contributed by atoms with Gasteiger partial charge in [-0.25, -0.2) is 9.97 Å². The fourth-order valence-electron chi connectivity index (χ4n) is 3.00. The van der Waals surface area contributed by atoms with E-state index in [1.54, 1.807) is 0 Å². The number of benzene rings is 1. The number of ketones is 1. The Morgan fingerprint density at radius 3 is 2.72 bits per heavy atom. The third kappa shape index (κ3) is 3.02. The normalized spacial score (nSPS) is 15.8. The summed E-state index contributed by atoms with van der Waals surface area (Å²) >= 11 is 1.23. The number of rotatable bonds is 2. The van der Waals surface area contributed by atoms with Gasteiger partial charge in [0.25, 0.3) is 5.91 Å². The molecule has 1 amide bonds. The van der Waals surface area contributed by atoms with Crippen molar-refractivity contribution in [1.82, 2.24) is 15.0 Å². The van der Waals surface area contributed by atoms with E-state index in [9.17, 15) is 9.59 Å². The van der Waals surface area contributed by atoms with Gasteiger partial charge in [0, 0.05) is 6.42 Å². The highest BCUT2D eigenvalue weighted by molar-refractivity contribution is 7.17. The van der Waals surface area contributed by atoms with Crippen LogP contribution in [-0.4, -0.2) is 26.6 Å². The van der Waals surface area contributed by atoms with E-state index in [0.29, 0.717) is 21.9 Å². The number of nitrogens with zero attached hydrogens (tertiary/aromatic N) is 3. The first-order valence-corrected chi connectivity index (χ1v) is 8.79. The Balaban J connectivity index is 1.60. The molecule has 1 aromatic carbocycles. The van der Waals surface area contributed by atoms with E-state index >= 15 is 0 Å². The van der Waals surface area contributed by atoms with Crippen LogP contribution in [-0.2, 0) is 6.42 Å². The Hall–Kier alpha value is -2.67. The van der Waals surface area contributed by atoms with Gasteiger partial charge in [0.15, 0.2) is 10.9 Å². The maximum absolute atomic E-state index is 12.4. The molecule has 0 radical (unpaired) electrons. The lowest BCUT2D eigenvalue weighted by atomic mass is 9.78. The maximum atomic E-state index is 12.4. The van der Waals surface area contributed by atoms with Gasteiger partial charge in [-0.1, -0.05) is 37.3 Å². The van der Waals surface area contributed by atoms with Crippen molar-refractivity contribution in [2.45, 2.75) is 26.7 Å². The van der Waals surface area contributed by atoms with E-state index in [4.69, 9.17) is 0 Å². The average molecular weight is 352 g/mol. The van der Waals surface area contributed by atoms with Crippen LogP contribution in [0.15, 0.2) is 30.5 Å². The summed E-state index contributed by atoms with van der Waals surface area (Å²) in [7, 11) is 0. The molecule has 0 atom stereocenters. The first-order valence-electron chi connectivity index (χ1n) is 7.97. The molecule has 0 aliphatic heterocycles. The van der Waals surface area contributed by atoms with Crippen molar-refractivity contribution in [3.63, 3.8) is 0 Å². The third-order valence-corrected chi connectivity index (χ3v) is 5.19. The van der Waals surface area contributed by atoms with E-state index in [0.717, 1.165) is 17.6 Å². The third-order valence-electron chi connectivity index (χ3n) is 4.14. The molecule has 0 saturated heterocycles. The first kappa shape index (κ1) is 15.8. The molecule has 0 bridgehead atoms. The quantitative estimate of drug-likeness (QED) is 0.763. The molecule has 6 nitrogen and oxygen atoms in total. The van der Waals surface area contributed by atoms with E-state index in [1.807, 2.05) is 24.3 Å². The number of hydrogen-bond acceptors (Lipinski definition) is 6. The molecular formula is C18H16N4O2S. The lowest BCUT2D eigenvalue weighted by molar-refractivity contribution is 0.0915. The van der Waals surface area contributed by atoms with Gasteiger partial charge in [0.2, 0.25) is 0 Å². The van der Waals surface area contributed by atoms with Crippen LogP contribution in [0.3, 0.4) is 0 Å². The van der Waals surface area contributed by atoms with Crippen LogP contribution in [0.1, 0.15) is 46.1 Å². The minimum atomic E-state index is -0.379. The number of amides is 1. The Morgan fingerprint density at radius 2 is 1.92 bits per heavy atom. The molecule has 1 aliphatic rings. The minimum absolute atomic E-state index is 0.0924. The molecule has 126 valence electrons. The van der Waals surface area contributed by atoms with Crippen molar-refractivity contribution in [2.75, 3.05) is 5.32 Å². The number of Topliss-reactive ketones (excluding diaryl/α,β-unsaturated/α-hetero) is 1. The number of fused-ring (bicyclic) bond motifs is 2. The van der Waals surface area contributed by atoms with E-state index in [2.05, 4.69) is 34.1 Å². The minimum Gasteiger partial charge on any atom is -0.296 e. The van der Waals surface area contributed by atoms with Gasteiger partial charge < -0.3 is 0 Å².